The van der Waals surface area contributed by atoms with Gasteiger partial charge in [0.25, 0.3) is 0 Å². The number of carboxylic acids is 1. The van der Waals surface area contributed by atoms with Gasteiger partial charge in [0.05, 0.1) is 27.2 Å². The number of rotatable bonds is 20. The SMILES string of the molecule is CC/C(C(=O)O)=C(/CCCOc1cccc2cc(F)ccc12)c1ccc(Cl)c(C2=C(C)CC[N+](C)(C)C2C)c1C.CCCC(C)CC.[B]=C1CCC(N2Cc3c(OCC(=O)N(CCC)CCC)cc(N)cc3C2=C)C(=O)N1. The third kappa shape index (κ3) is 15.6. The number of halogens is 2. The van der Waals surface area contributed by atoms with Crippen LogP contribution >= 0.6 is 11.6 Å². The minimum atomic E-state index is -0.898. The van der Waals surface area contributed by atoms with Crippen LogP contribution in [0.25, 0.3) is 27.6 Å². The molecule has 2 amide bonds. The number of amides is 2. The maximum atomic E-state index is 13.7. The van der Waals surface area contributed by atoms with Crippen molar-refractivity contribution < 1.29 is 37.8 Å². The van der Waals surface area contributed by atoms with Crippen LogP contribution in [0.4, 0.5) is 10.1 Å². The molecule has 1 saturated heterocycles. The summed E-state index contributed by atoms with van der Waals surface area (Å²) < 4.78 is 26.6. The Hall–Kier alpha value is -5.92. The number of carbonyl (C=O) groups is 3. The van der Waals surface area contributed by atoms with E-state index in [1.165, 1.54) is 42.5 Å². The van der Waals surface area contributed by atoms with Crippen molar-refractivity contribution >= 4 is 75.8 Å². The standard InChI is InChI=1S/C34H39ClFNO3.C22H30BN4O3.C7H16/c1-7-26(34(38)39)29(11-9-19-40-31-12-8-10-24-20-25(36)13-14-28(24)31)27-15-16-30(35)33(22(27)3)32-21(2)17-18-37(5,6)23(32)4;1-4-8-26(9-5-2)21(28)13-30-19-11-15(24)10-16-14(3)27(12-17(16)19)18-6-7-20(23)25-22(18)29;1-4-6-7(3)5-2/h8,10,12-16,20,23H,7,9,11,17-19H2,1-6H3;10-11,18H,3-9,12-13,24H2,1-2H3,(H,25,29);7H,4-6H2,1-3H3/p+1/b29-26+;;. The van der Waals surface area contributed by atoms with Crippen LogP contribution < -0.4 is 20.5 Å². The molecule has 3 heterocycles. The Morgan fingerprint density at radius 2 is 1.71 bits per heavy atom. The van der Waals surface area contributed by atoms with Crippen molar-refractivity contribution in [1.29, 1.82) is 0 Å². The van der Waals surface area contributed by atoms with E-state index in [-0.39, 0.29) is 36.3 Å². The molecule has 3 aliphatic heterocycles. The fraction of sp³-hybridized carbons (Fsp3) is 0.492. The number of nitrogens with two attached hydrogens (primary N) is 1. The first-order valence-electron chi connectivity index (χ1n) is 27.9. The van der Waals surface area contributed by atoms with Crippen molar-refractivity contribution in [3.63, 3.8) is 0 Å². The number of allylic oxidation sites excluding steroid dienone is 1. The zero-order valence-corrected chi connectivity index (χ0v) is 48.7. The first-order chi connectivity index (χ1) is 36.6. The van der Waals surface area contributed by atoms with Crippen LogP contribution in [-0.2, 0) is 20.9 Å². The maximum absolute atomic E-state index is 13.7. The third-order valence-electron chi connectivity index (χ3n) is 15.6. The molecule has 4 N–H and O–H groups in total. The molecule has 3 unspecified atom stereocenters. The zero-order chi connectivity index (χ0) is 56.7. The van der Waals surface area contributed by atoms with Crippen LogP contribution in [-0.4, -0.2) is 109 Å². The molecular formula is C63H86BClFN5O6+. The monoisotopic (exact) mass is 1070 g/mol. The van der Waals surface area contributed by atoms with Crippen molar-refractivity contribution in [2.24, 2.45) is 5.92 Å². The average molecular weight is 1070 g/mol. The number of nitrogens with zero attached hydrogens (tertiary/aromatic N) is 3. The number of ether oxygens (including phenoxy) is 2. The van der Waals surface area contributed by atoms with Gasteiger partial charge in [-0.1, -0.05) is 96.2 Å². The van der Waals surface area contributed by atoms with Crippen LogP contribution in [0.15, 0.2) is 78.4 Å². The van der Waals surface area contributed by atoms with Crippen LogP contribution in [0.3, 0.4) is 0 Å². The second-order valence-corrected chi connectivity index (χ2v) is 22.0. The molecule has 14 heteroatoms. The summed E-state index contributed by atoms with van der Waals surface area (Å²) in [6.45, 7) is 26.8. The van der Waals surface area contributed by atoms with E-state index in [2.05, 4.69) is 81.4 Å². The van der Waals surface area contributed by atoms with Gasteiger partial charge < -0.3 is 14.3 Å². The Balaban J connectivity index is 0.000000260. The molecule has 0 aromatic heterocycles. The van der Waals surface area contributed by atoms with E-state index >= 15 is 0 Å². The summed E-state index contributed by atoms with van der Waals surface area (Å²) in [4.78, 5) is 41.2. The second kappa shape index (κ2) is 28.6. The Morgan fingerprint density at radius 3 is 2.34 bits per heavy atom. The van der Waals surface area contributed by atoms with Gasteiger partial charge in [0.1, 0.15) is 17.6 Å². The van der Waals surface area contributed by atoms with E-state index in [9.17, 15) is 23.9 Å². The van der Waals surface area contributed by atoms with Gasteiger partial charge in [-0.25, -0.2) is 9.18 Å². The molecule has 0 bridgehead atoms. The van der Waals surface area contributed by atoms with E-state index in [1.807, 2.05) is 53.1 Å². The molecular weight excluding hydrogens is 988 g/mol. The van der Waals surface area contributed by atoms with E-state index < -0.39 is 5.97 Å². The number of aliphatic carboxylic acids is 1. The summed E-state index contributed by atoms with van der Waals surface area (Å²) >= 11 is 6.87. The van der Waals surface area contributed by atoms with Crippen molar-refractivity contribution in [1.82, 2.24) is 15.1 Å². The fourth-order valence-electron chi connectivity index (χ4n) is 10.8. The first kappa shape index (κ1) is 61.9. The Morgan fingerprint density at radius 1 is 1.00 bits per heavy atom. The van der Waals surface area contributed by atoms with Gasteiger partial charge in [0.2, 0.25) is 0 Å². The van der Waals surface area contributed by atoms with Gasteiger partial charge in [-0.3, -0.25) is 0 Å². The molecule has 77 heavy (non-hydrogen) atoms. The van der Waals surface area contributed by atoms with E-state index in [0.29, 0.717) is 91.7 Å². The second-order valence-electron chi connectivity index (χ2n) is 21.6. The number of piperidine rings is 1. The number of quaternary nitrogens is 1. The molecule has 4 aromatic rings. The van der Waals surface area contributed by atoms with Gasteiger partial charge in [0, 0.05) is 46.6 Å². The van der Waals surface area contributed by atoms with Gasteiger partial charge in [-0.2, -0.15) is 0 Å². The molecule has 3 aliphatic rings. The van der Waals surface area contributed by atoms with Crippen LogP contribution in [0.5, 0.6) is 11.5 Å². The van der Waals surface area contributed by atoms with Gasteiger partial charge >= 0.3 is 145 Å². The summed E-state index contributed by atoms with van der Waals surface area (Å²) in [5, 5.41) is 15.2. The number of fused-ring (bicyclic) bond motifs is 2. The minimum absolute atomic E-state index is 0.0405. The molecule has 3 atom stereocenters. The van der Waals surface area contributed by atoms with E-state index in [0.717, 1.165) is 86.1 Å². The summed E-state index contributed by atoms with van der Waals surface area (Å²) in [6.07, 6.45) is 9.73. The van der Waals surface area contributed by atoms with Crippen LogP contribution in [0.2, 0.25) is 5.02 Å². The molecule has 7 rings (SSSR count). The number of likely N-dealkylation sites (N-methyl/N-ethyl adjacent to an activating group) is 1. The number of nitrogen functional groups attached to an aromatic ring is 1. The normalized spacial score (nSPS) is 17.6. The fourth-order valence-corrected chi connectivity index (χ4v) is 11.1. The number of carbonyl (C=O) groups excluding carboxylic acids is 2. The van der Waals surface area contributed by atoms with E-state index in [1.54, 1.807) is 12.1 Å². The number of nitrogens with one attached hydrogen (secondary N) is 1. The van der Waals surface area contributed by atoms with Crippen LogP contribution in [0.1, 0.15) is 154 Å². The zero-order valence-electron chi connectivity index (χ0n) is 48.0. The topological polar surface area (TPSA) is 134 Å². The quantitative estimate of drug-likeness (QED) is 0.0262. The van der Waals surface area contributed by atoms with Gasteiger partial charge in [-0.15, -0.1) is 0 Å². The molecule has 415 valence electrons. The van der Waals surface area contributed by atoms with Crippen molar-refractivity contribution in [3.05, 3.63) is 117 Å². The predicted molar refractivity (Wildman–Crippen MR) is 318 cm³/mol. The van der Waals surface area contributed by atoms with Gasteiger partial charge in [0.15, 0.2) is 0 Å². The average Bonchev–Trinajstić information content (AvgIpc) is 3.74. The first-order valence-corrected chi connectivity index (χ1v) is 28.3. The van der Waals surface area contributed by atoms with Crippen LogP contribution in [0, 0.1) is 18.7 Å². The molecule has 1 fully saturated rings. The Kier molecular flexibility index (Phi) is 23.0. The Bertz CT molecular complexity index is 2840. The van der Waals surface area contributed by atoms with E-state index in [4.69, 9.17) is 34.3 Å². The number of hydrogen-bond acceptors (Lipinski definition) is 7. The molecule has 0 aliphatic carbocycles. The summed E-state index contributed by atoms with van der Waals surface area (Å²) in [7, 11) is 10.3. The Labute approximate surface area is 465 Å². The van der Waals surface area contributed by atoms with Crippen molar-refractivity contribution in [3.8, 4) is 11.5 Å². The molecule has 1 radical (unpaired) electrons. The summed E-state index contributed by atoms with van der Waals surface area (Å²) in [5.74, 6) is 0.853. The molecule has 0 spiro atoms. The summed E-state index contributed by atoms with van der Waals surface area (Å²) in [5.41, 5.74) is 16.4. The van der Waals surface area contributed by atoms with Gasteiger partial charge in [-0.05, 0) is 111 Å². The molecule has 11 nitrogen and oxygen atoms in total. The molecule has 4 aromatic carbocycles. The third-order valence-corrected chi connectivity index (χ3v) is 16.0. The van der Waals surface area contributed by atoms with Crippen molar-refractivity contribution in [2.75, 3.05) is 52.7 Å². The summed E-state index contributed by atoms with van der Waals surface area (Å²) in [6, 6.07) is 17.6. The number of carboxylic acid groups (broad SMARTS) is 1. The van der Waals surface area contributed by atoms with Crippen molar-refractivity contribution in [2.45, 2.75) is 152 Å². The predicted octanol–water partition coefficient (Wildman–Crippen LogP) is 13.2. The number of anilines is 1. The molecule has 0 saturated carbocycles. The number of hydrogen-bond donors (Lipinski definition) is 3. The number of benzene rings is 4.